The molecule has 0 radical (unpaired) electrons. The van der Waals surface area contributed by atoms with Crippen molar-refractivity contribution in [3.05, 3.63) is 64.1 Å². The second-order valence-corrected chi connectivity index (χ2v) is 8.12. The van der Waals surface area contributed by atoms with Crippen molar-refractivity contribution in [3.8, 4) is 11.4 Å². The van der Waals surface area contributed by atoms with E-state index in [0.29, 0.717) is 5.16 Å². The number of hydrazone groups is 1. The first-order valence-corrected chi connectivity index (χ1v) is 10.4. The smallest absolute Gasteiger partial charge is 0.250 e. The number of halogens is 1. The van der Waals surface area contributed by atoms with Gasteiger partial charge in [0.15, 0.2) is 11.0 Å². The summed E-state index contributed by atoms with van der Waals surface area (Å²) in [6, 6.07) is 15.9. The van der Waals surface area contributed by atoms with Crippen molar-refractivity contribution in [2.24, 2.45) is 12.1 Å². The van der Waals surface area contributed by atoms with E-state index in [1.807, 2.05) is 74.0 Å². The van der Waals surface area contributed by atoms with Crippen LogP contribution >= 0.6 is 27.7 Å². The van der Waals surface area contributed by atoms with Crippen molar-refractivity contribution >= 4 is 39.3 Å². The molecule has 1 heterocycles. The maximum atomic E-state index is 12.1. The lowest BCUT2D eigenvalue weighted by molar-refractivity contribution is -0.118. The molecular formula is C20H20BrN5OS. The van der Waals surface area contributed by atoms with Gasteiger partial charge in [0.05, 0.1) is 11.5 Å². The Balaban J connectivity index is 1.58. The highest BCUT2D eigenvalue weighted by Gasteiger charge is 2.13. The molecule has 0 atom stereocenters. The number of thioether (sulfide) groups is 1. The van der Waals surface area contributed by atoms with E-state index in [0.717, 1.165) is 27.1 Å². The molecule has 0 spiro atoms. The first kappa shape index (κ1) is 20.3. The maximum absolute atomic E-state index is 12.1. The summed E-state index contributed by atoms with van der Waals surface area (Å²) in [5.41, 5.74) is 6.48. The second-order valence-electron chi connectivity index (χ2n) is 6.26. The number of nitrogens with zero attached hydrogens (tertiary/aromatic N) is 4. The SMILES string of the molecule is C/C(=N\NC(=O)CSc1nnc(-c2ccc(Br)cc2)n1C)c1ccc(C)cc1. The molecule has 1 aromatic heterocycles. The highest BCUT2D eigenvalue weighted by molar-refractivity contribution is 9.10. The number of carbonyl (C=O) groups excluding carboxylic acids is 1. The van der Waals surface area contributed by atoms with Crippen molar-refractivity contribution in [1.82, 2.24) is 20.2 Å². The Hall–Kier alpha value is -2.45. The molecule has 0 saturated heterocycles. The maximum Gasteiger partial charge on any atom is 0.250 e. The molecule has 0 aliphatic heterocycles. The lowest BCUT2D eigenvalue weighted by Crippen LogP contribution is -2.21. The van der Waals surface area contributed by atoms with Gasteiger partial charge < -0.3 is 4.57 Å². The predicted molar refractivity (Wildman–Crippen MR) is 116 cm³/mol. The van der Waals surface area contributed by atoms with Crippen molar-refractivity contribution in [2.75, 3.05) is 5.75 Å². The van der Waals surface area contributed by atoms with E-state index in [4.69, 9.17) is 0 Å². The average molecular weight is 458 g/mol. The third kappa shape index (κ3) is 5.08. The van der Waals surface area contributed by atoms with Gasteiger partial charge in [0, 0.05) is 17.1 Å². The molecule has 3 rings (SSSR count). The van der Waals surface area contributed by atoms with E-state index in [1.54, 1.807) is 0 Å². The zero-order valence-corrected chi connectivity index (χ0v) is 18.2. The number of aryl methyl sites for hydroxylation is 1. The van der Waals surface area contributed by atoms with Crippen LogP contribution in [0.3, 0.4) is 0 Å². The Morgan fingerprint density at radius 3 is 2.50 bits per heavy atom. The molecule has 1 amide bonds. The van der Waals surface area contributed by atoms with Crippen molar-refractivity contribution in [1.29, 1.82) is 0 Å². The molecule has 0 saturated carbocycles. The fourth-order valence-electron chi connectivity index (χ4n) is 2.46. The summed E-state index contributed by atoms with van der Waals surface area (Å²) >= 11 is 4.75. The molecule has 0 fully saturated rings. The Kier molecular flexibility index (Phi) is 6.64. The quantitative estimate of drug-likeness (QED) is 0.342. The van der Waals surface area contributed by atoms with Crippen LogP contribution in [-0.4, -0.2) is 32.1 Å². The van der Waals surface area contributed by atoms with Crippen LogP contribution in [0.1, 0.15) is 18.1 Å². The minimum absolute atomic E-state index is 0.190. The van der Waals surface area contributed by atoms with Gasteiger partial charge in [-0.2, -0.15) is 5.10 Å². The van der Waals surface area contributed by atoms with E-state index in [2.05, 4.69) is 36.7 Å². The predicted octanol–water partition coefficient (Wildman–Crippen LogP) is 4.19. The first-order chi connectivity index (χ1) is 13.4. The van der Waals surface area contributed by atoms with Crippen LogP contribution in [0.25, 0.3) is 11.4 Å². The van der Waals surface area contributed by atoms with Gasteiger partial charge in [-0.05, 0) is 31.5 Å². The number of rotatable bonds is 6. The lowest BCUT2D eigenvalue weighted by Gasteiger charge is -2.05. The van der Waals surface area contributed by atoms with Crippen LogP contribution < -0.4 is 5.43 Å². The fourth-order valence-corrected chi connectivity index (χ4v) is 3.43. The normalized spacial score (nSPS) is 11.5. The molecule has 8 heteroatoms. The molecule has 2 aromatic carbocycles. The van der Waals surface area contributed by atoms with Gasteiger partial charge in [0.1, 0.15) is 0 Å². The van der Waals surface area contributed by atoms with Gasteiger partial charge in [-0.1, -0.05) is 69.7 Å². The summed E-state index contributed by atoms with van der Waals surface area (Å²) < 4.78 is 2.88. The number of amides is 1. The highest BCUT2D eigenvalue weighted by Crippen LogP contribution is 2.23. The Morgan fingerprint density at radius 1 is 1.14 bits per heavy atom. The standard InChI is InChI=1S/C20H20BrN5OS/c1-13-4-6-15(7-5-13)14(2)22-23-18(27)12-28-20-25-24-19(26(20)3)16-8-10-17(21)11-9-16/h4-11H,12H2,1-3H3,(H,23,27)/b22-14+. The third-order valence-corrected chi connectivity index (χ3v) is 5.64. The van der Waals surface area contributed by atoms with Gasteiger partial charge >= 0.3 is 0 Å². The van der Waals surface area contributed by atoms with Crippen LogP contribution in [0.2, 0.25) is 0 Å². The third-order valence-electron chi connectivity index (χ3n) is 4.09. The Morgan fingerprint density at radius 2 is 1.82 bits per heavy atom. The summed E-state index contributed by atoms with van der Waals surface area (Å²) in [6.45, 7) is 3.90. The van der Waals surface area contributed by atoms with E-state index >= 15 is 0 Å². The minimum atomic E-state index is -0.190. The van der Waals surface area contributed by atoms with Gasteiger partial charge in [0.25, 0.3) is 5.91 Å². The van der Waals surface area contributed by atoms with Crippen molar-refractivity contribution < 1.29 is 4.79 Å². The van der Waals surface area contributed by atoms with E-state index in [-0.39, 0.29) is 11.7 Å². The molecule has 28 heavy (non-hydrogen) atoms. The molecule has 0 aliphatic rings. The molecule has 144 valence electrons. The van der Waals surface area contributed by atoms with E-state index in [9.17, 15) is 4.79 Å². The van der Waals surface area contributed by atoms with Crippen LogP contribution in [0.5, 0.6) is 0 Å². The topological polar surface area (TPSA) is 72.2 Å². The highest BCUT2D eigenvalue weighted by atomic mass is 79.9. The monoisotopic (exact) mass is 457 g/mol. The number of benzene rings is 2. The second kappa shape index (κ2) is 9.16. The number of nitrogens with one attached hydrogen (secondary N) is 1. The molecule has 6 nitrogen and oxygen atoms in total. The summed E-state index contributed by atoms with van der Waals surface area (Å²) in [7, 11) is 1.89. The lowest BCUT2D eigenvalue weighted by atomic mass is 10.1. The first-order valence-electron chi connectivity index (χ1n) is 8.62. The summed E-state index contributed by atoms with van der Waals surface area (Å²) in [6.07, 6.45) is 0. The minimum Gasteiger partial charge on any atom is -0.305 e. The molecule has 3 aromatic rings. The number of hydrogen-bond acceptors (Lipinski definition) is 5. The van der Waals surface area contributed by atoms with Gasteiger partial charge in [-0.15, -0.1) is 10.2 Å². The number of hydrogen-bond donors (Lipinski definition) is 1. The Bertz CT molecular complexity index is 996. The zero-order valence-electron chi connectivity index (χ0n) is 15.8. The van der Waals surface area contributed by atoms with Crippen molar-refractivity contribution in [3.63, 3.8) is 0 Å². The van der Waals surface area contributed by atoms with Crippen LogP contribution in [0, 0.1) is 6.92 Å². The largest absolute Gasteiger partial charge is 0.305 e. The fraction of sp³-hybridized carbons (Fsp3) is 0.200. The zero-order chi connectivity index (χ0) is 20.1. The van der Waals surface area contributed by atoms with Gasteiger partial charge in [-0.25, -0.2) is 5.43 Å². The number of aromatic nitrogens is 3. The average Bonchev–Trinajstić information content (AvgIpc) is 3.06. The van der Waals surface area contributed by atoms with E-state index in [1.165, 1.54) is 17.3 Å². The van der Waals surface area contributed by atoms with Gasteiger partial charge in [0.2, 0.25) is 0 Å². The molecule has 0 unspecified atom stereocenters. The van der Waals surface area contributed by atoms with Crippen LogP contribution in [0.4, 0.5) is 0 Å². The summed E-state index contributed by atoms with van der Waals surface area (Å²) in [5, 5.41) is 13.3. The molecule has 0 aliphatic carbocycles. The Labute approximate surface area is 176 Å². The summed E-state index contributed by atoms with van der Waals surface area (Å²) in [5.74, 6) is 0.769. The summed E-state index contributed by atoms with van der Waals surface area (Å²) in [4.78, 5) is 12.1. The molecule has 0 bridgehead atoms. The van der Waals surface area contributed by atoms with E-state index < -0.39 is 0 Å². The van der Waals surface area contributed by atoms with Gasteiger partial charge in [-0.3, -0.25) is 4.79 Å². The molecular weight excluding hydrogens is 438 g/mol. The van der Waals surface area contributed by atoms with Crippen LogP contribution in [-0.2, 0) is 11.8 Å². The van der Waals surface area contributed by atoms with Crippen molar-refractivity contribution in [2.45, 2.75) is 19.0 Å². The van der Waals surface area contributed by atoms with Crippen LogP contribution in [0.15, 0.2) is 63.3 Å². The number of carbonyl (C=O) groups is 1. The molecule has 1 N–H and O–H groups in total.